The smallest absolute Gasteiger partial charge is 0.381 e. The lowest BCUT2D eigenvalue weighted by molar-refractivity contribution is -0.141. The number of ether oxygens (including phenoxy) is 1. The van der Waals surface area contributed by atoms with Gasteiger partial charge in [-0.2, -0.15) is 18.2 Å². The van der Waals surface area contributed by atoms with Crippen molar-refractivity contribution in [1.29, 1.82) is 0 Å². The molecule has 0 radical (unpaired) electrons. The van der Waals surface area contributed by atoms with Crippen molar-refractivity contribution in [2.24, 2.45) is 0 Å². The van der Waals surface area contributed by atoms with Gasteiger partial charge in [-0.3, -0.25) is 0 Å². The molecule has 1 aromatic heterocycles. The highest BCUT2D eigenvalue weighted by atomic mass is 35.5. The van der Waals surface area contributed by atoms with Crippen LogP contribution in [0.15, 0.2) is 30.3 Å². The Balaban J connectivity index is 1.52. The summed E-state index contributed by atoms with van der Waals surface area (Å²) in [6.45, 7) is 4.32. The Labute approximate surface area is 213 Å². The molecule has 2 fully saturated rings. The van der Waals surface area contributed by atoms with E-state index in [0.29, 0.717) is 31.3 Å². The number of nitrogens with zero attached hydrogens (tertiary/aromatic N) is 3. The highest BCUT2D eigenvalue weighted by molar-refractivity contribution is 7.80. The van der Waals surface area contributed by atoms with Gasteiger partial charge in [0.1, 0.15) is 5.82 Å². The number of halogens is 4. The summed E-state index contributed by atoms with van der Waals surface area (Å²) in [4.78, 5) is 9.99. The molecule has 35 heavy (non-hydrogen) atoms. The van der Waals surface area contributed by atoms with E-state index in [0.717, 1.165) is 43.7 Å². The zero-order valence-electron chi connectivity index (χ0n) is 19.5. The number of hydrogen-bond acceptors (Lipinski definition) is 5. The first-order valence-corrected chi connectivity index (χ1v) is 12.6. The van der Waals surface area contributed by atoms with Crippen molar-refractivity contribution in [3.8, 4) is 0 Å². The first kappa shape index (κ1) is 25.9. The Morgan fingerprint density at radius 2 is 2.00 bits per heavy atom. The van der Waals surface area contributed by atoms with Gasteiger partial charge in [0, 0.05) is 48.8 Å². The van der Waals surface area contributed by atoms with Gasteiger partial charge in [-0.05, 0) is 68.9 Å². The lowest BCUT2D eigenvalue weighted by Crippen LogP contribution is -2.45. The molecule has 0 aliphatic carbocycles. The molecule has 2 saturated heterocycles. The zero-order chi connectivity index (χ0) is 25.1. The van der Waals surface area contributed by atoms with Crippen molar-refractivity contribution in [3.05, 3.63) is 46.6 Å². The van der Waals surface area contributed by atoms with Gasteiger partial charge in [0.05, 0.1) is 0 Å². The molecule has 0 amide bonds. The molecular weight excluding hydrogens is 499 g/mol. The summed E-state index contributed by atoms with van der Waals surface area (Å²) in [5, 5.41) is 6.76. The maximum Gasteiger partial charge on any atom is 0.433 e. The molecule has 0 unspecified atom stereocenters. The average Bonchev–Trinajstić information content (AvgIpc) is 2.83. The predicted molar refractivity (Wildman–Crippen MR) is 135 cm³/mol. The van der Waals surface area contributed by atoms with E-state index in [4.69, 9.17) is 28.6 Å². The monoisotopic (exact) mass is 527 g/mol. The highest BCUT2D eigenvalue weighted by Gasteiger charge is 2.36. The van der Waals surface area contributed by atoms with Crippen molar-refractivity contribution < 1.29 is 17.9 Å². The minimum absolute atomic E-state index is 0.101. The molecule has 0 spiro atoms. The van der Waals surface area contributed by atoms with Gasteiger partial charge < -0.3 is 20.3 Å². The zero-order valence-corrected chi connectivity index (χ0v) is 21.1. The number of benzene rings is 1. The third-order valence-electron chi connectivity index (χ3n) is 6.80. The Bertz CT molecular complexity index is 1050. The van der Waals surface area contributed by atoms with Crippen LogP contribution in [0.2, 0.25) is 5.02 Å². The molecule has 1 aromatic carbocycles. The molecule has 0 saturated carbocycles. The summed E-state index contributed by atoms with van der Waals surface area (Å²) in [7, 11) is 0. The van der Waals surface area contributed by atoms with E-state index in [-0.39, 0.29) is 28.3 Å². The lowest BCUT2D eigenvalue weighted by atomic mass is 9.74. The summed E-state index contributed by atoms with van der Waals surface area (Å²) < 4.78 is 46.4. The fourth-order valence-electron chi connectivity index (χ4n) is 4.76. The second-order valence-corrected chi connectivity index (χ2v) is 10.0. The number of rotatable bonds is 5. The van der Waals surface area contributed by atoms with Crippen molar-refractivity contribution in [2.75, 3.05) is 36.5 Å². The molecule has 2 aliphatic rings. The summed E-state index contributed by atoms with van der Waals surface area (Å²) in [5.74, 6) is 0.0820. The van der Waals surface area contributed by atoms with Crippen LogP contribution < -0.4 is 15.5 Å². The predicted octanol–water partition coefficient (Wildman–Crippen LogP) is 5.56. The van der Waals surface area contributed by atoms with E-state index in [1.807, 2.05) is 36.1 Å². The van der Waals surface area contributed by atoms with Gasteiger partial charge in [0.25, 0.3) is 0 Å². The number of nitrogens with one attached hydrogen (secondary N) is 2. The average molecular weight is 528 g/mol. The topological polar surface area (TPSA) is 62.3 Å². The Morgan fingerprint density at radius 3 is 2.69 bits per heavy atom. The fraction of sp³-hybridized carbons (Fsp3) is 0.542. The van der Waals surface area contributed by atoms with Gasteiger partial charge in [-0.1, -0.05) is 23.7 Å². The maximum atomic E-state index is 13.6. The number of anilines is 2. The van der Waals surface area contributed by atoms with Gasteiger partial charge in [0.15, 0.2) is 10.8 Å². The molecule has 4 rings (SSSR count). The largest absolute Gasteiger partial charge is 0.433 e. The number of piperidine rings is 1. The second kappa shape index (κ2) is 10.8. The van der Waals surface area contributed by atoms with Gasteiger partial charge in [0.2, 0.25) is 5.95 Å². The number of aromatic nitrogens is 2. The van der Waals surface area contributed by atoms with Crippen LogP contribution in [0, 0.1) is 0 Å². The van der Waals surface area contributed by atoms with E-state index < -0.39 is 11.9 Å². The molecule has 190 valence electrons. The normalized spacial score (nSPS) is 20.4. The standard InChI is InChI=1S/C24H29ClF3N5OS/c1-16-5-2-3-10-33(16)20-14-19(24(26,27)28)30-21(31-20)32-22(35)29-15-23(8-11-34-12-9-23)17-6-4-7-18(25)13-17/h4,6-7,13-14,16H,2-3,5,8-12,15H2,1H3,(H2,29,30,31,32,35)/t16-/m0/s1. The Kier molecular flexibility index (Phi) is 8.02. The summed E-state index contributed by atoms with van der Waals surface area (Å²) in [6.07, 6.45) is -0.203. The van der Waals surface area contributed by atoms with E-state index in [9.17, 15) is 13.2 Å². The molecule has 2 aromatic rings. The van der Waals surface area contributed by atoms with Crippen LogP contribution in [0.4, 0.5) is 24.9 Å². The maximum absolute atomic E-state index is 13.6. The van der Waals surface area contributed by atoms with E-state index >= 15 is 0 Å². The van der Waals surface area contributed by atoms with Gasteiger partial charge >= 0.3 is 6.18 Å². The van der Waals surface area contributed by atoms with Crippen LogP contribution in [-0.4, -0.2) is 47.4 Å². The molecule has 2 aliphatic heterocycles. The summed E-state index contributed by atoms with van der Waals surface area (Å²) in [5.41, 5.74) is -0.191. The van der Waals surface area contributed by atoms with Crippen molar-refractivity contribution in [2.45, 2.75) is 56.7 Å². The van der Waals surface area contributed by atoms with Crippen LogP contribution in [0.1, 0.15) is 50.3 Å². The molecule has 6 nitrogen and oxygen atoms in total. The Morgan fingerprint density at radius 1 is 1.23 bits per heavy atom. The van der Waals surface area contributed by atoms with Crippen LogP contribution in [0.3, 0.4) is 0 Å². The molecule has 1 atom stereocenters. The van der Waals surface area contributed by atoms with Crippen molar-refractivity contribution in [3.63, 3.8) is 0 Å². The van der Waals surface area contributed by atoms with E-state index in [2.05, 4.69) is 20.6 Å². The van der Waals surface area contributed by atoms with E-state index in [1.54, 1.807) is 0 Å². The van der Waals surface area contributed by atoms with Crippen LogP contribution in [0.5, 0.6) is 0 Å². The lowest BCUT2D eigenvalue weighted by Gasteiger charge is -2.38. The minimum atomic E-state index is -4.60. The number of hydrogen-bond donors (Lipinski definition) is 2. The van der Waals surface area contributed by atoms with Gasteiger partial charge in [-0.25, -0.2) is 4.98 Å². The van der Waals surface area contributed by atoms with Crippen LogP contribution in [-0.2, 0) is 16.3 Å². The summed E-state index contributed by atoms with van der Waals surface area (Å²) in [6, 6.07) is 8.81. The third kappa shape index (κ3) is 6.34. The van der Waals surface area contributed by atoms with Crippen LogP contribution >= 0.6 is 23.8 Å². The number of thiocarbonyl (C=S) groups is 1. The quantitative estimate of drug-likeness (QED) is 0.493. The fourth-order valence-corrected chi connectivity index (χ4v) is 5.12. The molecule has 3 heterocycles. The van der Waals surface area contributed by atoms with Crippen molar-refractivity contribution in [1.82, 2.24) is 15.3 Å². The molecule has 0 bridgehead atoms. The first-order chi connectivity index (χ1) is 16.7. The number of alkyl halides is 3. The SMILES string of the molecule is C[C@H]1CCCCN1c1cc(C(F)(F)F)nc(NC(=S)NCC2(c3cccc(Cl)c3)CCOCC2)n1. The summed E-state index contributed by atoms with van der Waals surface area (Å²) >= 11 is 11.7. The van der Waals surface area contributed by atoms with Crippen LogP contribution in [0.25, 0.3) is 0 Å². The first-order valence-electron chi connectivity index (χ1n) is 11.8. The van der Waals surface area contributed by atoms with Gasteiger partial charge in [-0.15, -0.1) is 0 Å². The van der Waals surface area contributed by atoms with E-state index in [1.165, 1.54) is 0 Å². The third-order valence-corrected chi connectivity index (χ3v) is 7.28. The second-order valence-electron chi connectivity index (χ2n) is 9.18. The molecule has 11 heteroatoms. The molecular formula is C24H29ClF3N5OS. The highest BCUT2D eigenvalue weighted by Crippen LogP contribution is 2.36. The molecule has 2 N–H and O–H groups in total. The van der Waals surface area contributed by atoms with Crippen molar-refractivity contribution >= 4 is 40.7 Å². The minimum Gasteiger partial charge on any atom is -0.381 e. The Hall–Kier alpha value is -2.17.